The summed E-state index contributed by atoms with van der Waals surface area (Å²) in [4.78, 5) is 26.4. The molecule has 3 aromatic rings. The molecule has 6 nitrogen and oxygen atoms in total. The van der Waals surface area contributed by atoms with Crippen LogP contribution in [0.1, 0.15) is 47.5 Å². The number of amides is 1. The van der Waals surface area contributed by atoms with Crippen LogP contribution in [0.3, 0.4) is 0 Å². The summed E-state index contributed by atoms with van der Waals surface area (Å²) in [5.41, 5.74) is 0.485. The van der Waals surface area contributed by atoms with Gasteiger partial charge >= 0.3 is 0 Å². The standard InChI is InChI=1S/C23H25N5O/c1-5-19-23(29)27(4)20-14-25-21(26-22(20)28(19)15(2)3)17-11-12-24-13-18(17)16-9-7-6-8-10-16/h6-15,19H,5H2,1-4H3/i1D3,2D3,3D3,4D3,5D2,15D. The molecule has 1 atom stereocenters. The predicted octanol–water partition coefficient (Wildman–Crippen LogP) is 4.18. The molecule has 0 N–H and O–H groups in total. The molecule has 0 saturated carbocycles. The lowest BCUT2D eigenvalue weighted by Gasteiger charge is -2.42. The van der Waals surface area contributed by atoms with Gasteiger partial charge in [-0.2, -0.15) is 0 Å². The van der Waals surface area contributed by atoms with Gasteiger partial charge < -0.3 is 9.80 Å². The van der Waals surface area contributed by atoms with Gasteiger partial charge in [0.1, 0.15) is 11.7 Å². The first-order chi connectivity index (χ1) is 20.0. The lowest BCUT2D eigenvalue weighted by molar-refractivity contribution is -0.120. The number of hydrogen-bond acceptors (Lipinski definition) is 5. The summed E-state index contributed by atoms with van der Waals surface area (Å²) < 4.78 is 122. The Morgan fingerprint density at radius 3 is 2.83 bits per heavy atom. The minimum Gasteiger partial charge on any atom is -0.340 e. The Balaban J connectivity index is 2.17. The van der Waals surface area contributed by atoms with E-state index in [1.54, 1.807) is 30.3 Å². The Morgan fingerprint density at radius 1 is 1.21 bits per heavy atom. The monoisotopic (exact) mass is 402 g/mol. The van der Waals surface area contributed by atoms with Gasteiger partial charge in [0.15, 0.2) is 11.6 Å². The molecule has 1 aromatic carbocycles. The zero-order valence-electron chi connectivity index (χ0n) is 29.9. The average Bonchev–Trinajstić information content (AvgIpc) is 2.89. The van der Waals surface area contributed by atoms with E-state index < -0.39 is 63.4 Å². The molecule has 0 radical (unpaired) electrons. The number of likely N-dealkylation sites (N-methyl/N-ethyl adjacent to an activating group) is 1. The van der Waals surface area contributed by atoms with Gasteiger partial charge in [-0.1, -0.05) is 37.2 Å². The second-order valence-electron chi connectivity index (χ2n) is 6.13. The Labute approximate surface area is 192 Å². The molecule has 1 aliphatic rings. The summed E-state index contributed by atoms with van der Waals surface area (Å²) in [5.74, 6) is -3.06. The third kappa shape index (κ3) is 3.24. The Bertz CT molecular complexity index is 1540. The largest absolute Gasteiger partial charge is 0.340 e. The maximum atomic E-state index is 13.9. The third-order valence-electron chi connectivity index (χ3n) is 4.46. The quantitative estimate of drug-likeness (QED) is 0.655. The van der Waals surface area contributed by atoms with E-state index in [-0.39, 0.29) is 21.2 Å². The topological polar surface area (TPSA) is 62.2 Å². The molecule has 0 fully saturated rings. The lowest BCUT2D eigenvalue weighted by atomic mass is 10.0. The number of hydrogen-bond donors (Lipinski definition) is 0. The molecule has 1 aliphatic heterocycles. The molecule has 1 unspecified atom stereocenters. The van der Waals surface area contributed by atoms with Crippen molar-refractivity contribution >= 4 is 17.4 Å². The van der Waals surface area contributed by atoms with Crippen LogP contribution in [0.15, 0.2) is 55.0 Å². The van der Waals surface area contributed by atoms with Gasteiger partial charge in [0.25, 0.3) is 0 Å². The van der Waals surface area contributed by atoms with Crippen molar-refractivity contribution in [2.24, 2.45) is 0 Å². The van der Waals surface area contributed by atoms with E-state index in [2.05, 4.69) is 15.0 Å². The van der Waals surface area contributed by atoms with E-state index in [0.29, 0.717) is 11.1 Å². The van der Waals surface area contributed by atoms with Crippen molar-refractivity contribution in [1.82, 2.24) is 15.0 Å². The van der Waals surface area contributed by atoms with Crippen LogP contribution in [0.5, 0.6) is 0 Å². The maximum Gasteiger partial charge on any atom is 0.249 e. The zero-order chi connectivity index (χ0) is 33.3. The highest BCUT2D eigenvalue weighted by molar-refractivity contribution is 6.04. The van der Waals surface area contributed by atoms with Crippen molar-refractivity contribution in [3.05, 3.63) is 55.0 Å². The predicted molar refractivity (Wildman–Crippen MR) is 116 cm³/mol. The molecule has 4 rings (SSSR count). The van der Waals surface area contributed by atoms with Crippen LogP contribution in [0.4, 0.5) is 11.5 Å². The second kappa shape index (κ2) is 7.62. The minimum atomic E-state index is -3.92. The number of carbonyl (C=O) groups is 1. The van der Waals surface area contributed by atoms with Gasteiger partial charge in [0.05, 0.1) is 7.57 Å². The highest BCUT2D eigenvalue weighted by Gasteiger charge is 2.38. The summed E-state index contributed by atoms with van der Waals surface area (Å²) in [6, 6.07) is 3.21. The van der Waals surface area contributed by atoms with E-state index in [9.17, 15) is 4.79 Å². The highest BCUT2D eigenvalue weighted by atomic mass is 16.2. The second-order valence-corrected chi connectivity index (χ2v) is 6.13. The number of rotatable bonds is 4. The smallest absolute Gasteiger partial charge is 0.249 e. The van der Waals surface area contributed by atoms with Crippen LogP contribution in [-0.4, -0.2) is 39.9 Å². The fourth-order valence-corrected chi connectivity index (χ4v) is 3.10. The summed E-state index contributed by atoms with van der Waals surface area (Å²) in [6.45, 7) is -14.9. The minimum absolute atomic E-state index is 0.0148. The van der Waals surface area contributed by atoms with Gasteiger partial charge in [0, 0.05) is 55.7 Å². The summed E-state index contributed by atoms with van der Waals surface area (Å²) in [6.07, 6.45) is -0.203. The molecule has 0 spiro atoms. The number of pyridine rings is 1. The maximum absolute atomic E-state index is 13.9. The van der Waals surface area contributed by atoms with Crippen molar-refractivity contribution in [2.45, 2.75) is 39.0 Å². The van der Waals surface area contributed by atoms with Crippen molar-refractivity contribution < 1.29 is 25.4 Å². The molecule has 2 aromatic heterocycles. The van der Waals surface area contributed by atoms with E-state index in [0.717, 1.165) is 6.20 Å². The Morgan fingerprint density at radius 2 is 2.07 bits per heavy atom. The van der Waals surface area contributed by atoms with E-state index in [4.69, 9.17) is 20.6 Å². The first-order valence-electron chi connectivity index (χ1n) is 16.0. The fraction of sp³-hybridized carbons (Fsp3) is 0.304. The van der Waals surface area contributed by atoms with Crippen molar-refractivity contribution in [3.63, 3.8) is 0 Å². The molecule has 29 heavy (non-hydrogen) atoms. The number of nitrogens with zero attached hydrogens (tertiary/aromatic N) is 5. The van der Waals surface area contributed by atoms with Crippen molar-refractivity contribution in [2.75, 3.05) is 16.8 Å². The Kier molecular flexibility index (Phi) is 2.16. The van der Waals surface area contributed by atoms with Crippen LogP contribution >= 0.6 is 0 Å². The zero-order valence-corrected chi connectivity index (χ0v) is 14.9. The van der Waals surface area contributed by atoms with Crippen molar-refractivity contribution in [3.8, 4) is 22.5 Å². The van der Waals surface area contributed by atoms with Crippen molar-refractivity contribution in [1.29, 1.82) is 0 Å². The van der Waals surface area contributed by atoms with Crippen LogP contribution in [0, 0.1) is 0 Å². The highest BCUT2D eigenvalue weighted by Crippen LogP contribution is 2.38. The summed E-state index contributed by atoms with van der Waals surface area (Å²) >= 11 is 0. The average molecular weight is 403 g/mol. The first kappa shape index (κ1) is 8.22. The van der Waals surface area contributed by atoms with Crippen LogP contribution in [0.25, 0.3) is 22.5 Å². The van der Waals surface area contributed by atoms with Crippen LogP contribution < -0.4 is 9.80 Å². The number of benzene rings is 1. The molecule has 0 aliphatic carbocycles. The third-order valence-corrected chi connectivity index (χ3v) is 4.46. The first-order valence-corrected chi connectivity index (χ1v) is 8.46. The molecular formula is C23H25N5O. The van der Waals surface area contributed by atoms with E-state index >= 15 is 0 Å². The van der Waals surface area contributed by atoms with Crippen LogP contribution in [0.2, 0.25) is 0 Å². The molecule has 6 heteroatoms. The van der Waals surface area contributed by atoms with Gasteiger partial charge in [-0.05, 0) is 31.7 Å². The van der Waals surface area contributed by atoms with E-state index in [1.807, 2.05) is 0 Å². The number of anilines is 2. The van der Waals surface area contributed by atoms with Gasteiger partial charge in [-0.3, -0.25) is 9.78 Å². The molecule has 3 heterocycles. The van der Waals surface area contributed by atoms with Crippen LogP contribution in [-0.2, 0) is 4.79 Å². The summed E-state index contributed by atoms with van der Waals surface area (Å²) in [7, 11) is 0. The van der Waals surface area contributed by atoms with Gasteiger partial charge in [-0.25, -0.2) is 9.97 Å². The number of fused-ring (bicyclic) bond motifs is 1. The number of carbonyl (C=O) groups excluding carboxylic acids is 1. The molecule has 1 amide bonds. The SMILES string of the molecule is [2H]C([2H])([2H])N1C(=O)C(C([2H])([2H])C([2H])([2H])[2H])N(C([2H])(C([2H])([2H])[2H])C([2H])([2H])[2H])c2nc(-c3ccncc3-c3ccccc3)ncc21. The van der Waals surface area contributed by atoms with E-state index in [1.165, 1.54) is 18.5 Å². The number of aromatic nitrogens is 3. The van der Waals surface area contributed by atoms with Gasteiger partial charge in [0.2, 0.25) is 5.91 Å². The molecule has 148 valence electrons. The Hall–Kier alpha value is -3.28. The molecule has 0 bridgehead atoms. The normalized spacial score (nSPS) is 26.6. The fourth-order valence-electron chi connectivity index (χ4n) is 3.10. The van der Waals surface area contributed by atoms with Gasteiger partial charge in [-0.15, -0.1) is 0 Å². The summed E-state index contributed by atoms with van der Waals surface area (Å²) in [5, 5.41) is 0. The molecular weight excluding hydrogens is 362 g/mol. The lowest BCUT2D eigenvalue weighted by Crippen LogP contribution is -2.54. The molecule has 0 saturated heterocycles.